The summed E-state index contributed by atoms with van der Waals surface area (Å²) in [7, 11) is -0.543. The maximum absolute atomic E-state index is 12.7. The number of carbonyl (C=O) groups is 1. The third kappa shape index (κ3) is 4.01. The molecule has 2 aromatic rings. The highest BCUT2D eigenvalue weighted by Gasteiger charge is 2.25. The molecule has 0 fully saturated rings. The van der Waals surface area contributed by atoms with Crippen molar-refractivity contribution in [3.8, 4) is 11.8 Å². The Kier molecular flexibility index (Phi) is 5.68. The van der Waals surface area contributed by atoms with Crippen molar-refractivity contribution in [1.29, 1.82) is 5.26 Å². The summed E-state index contributed by atoms with van der Waals surface area (Å²) in [4.78, 5) is 14.5. The standard InChI is InChI=1S/C20H21N3O4S/c1-22(2)28(25,26)18-8-9-19-16(12-18)6-4-10-23(19)20(24)14-27-17-7-3-5-15(11-17)13-21/h3,5,7-9,11-12H,4,6,10,14H2,1-2H3. The number of fused-ring (bicyclic) bond motifs is 1. The molecule has 0 atom stereocenters. The molecule has 1 heterocycles. The van der Waals surface area contributed by atoms with Gasteiger partial charge in [0.2, 0.25) is 10.0 Å². The Morgan fingerprint density at radius 1 is 1.25 bits per heavy atom. The first kappa shape index (κ1) is 19.9. The first-order chi connectivity index (χ1) is 13.3. The number of benzene rings is 2. The lowest BCUT2D eigenvalue weighted by atomic mass is 10.0. The van der Waals surface area contributed by atoms with Gasteiger partial charge in [0.25, 0.3) is 5.91 Å². The van der Waals surface area contributed by atoms with Crippen LogP contribution in [0.3, 0.4) is 0 Å². The first-order valence-corrected chi connectivity index (χ1v) is 10.3. The summed E-state index contributed by atoms with van der Waals surface area (Å²) >= 11 is 0. The number of anilines is 1. The molecular formula is C20H21N3O4S. The van der Waals surface area contributed by atoms with E-state index in [1.807, 2.05) is 6.07 Å². The monoisotopic (exact) mass is 399 g/mol. The average molecular weight is 399 g/mol. The van der Waals surface area contributed by atoms with Gasteiger partial charge in [-0.2, -0.15) is 5.26 Å². The average Bonchev–Trinajstić information content (AvgIpc) is 2.71. The molecule has 1 aliphatic heterocycles. The molecule has 3 rings (SSSR count). The Bertz CT molecular complexity index is 1040. The fourth-order valence-electron chi connectivity index (χ4n) is 3.08. The Labute approximate surface area is 164 Å². The summed E-state index contributed by atoms with van der Waals surface area (Å²) in [6, 6.07) is 13.5. The Hall–Kier alpha value is -2.89. The van der Waals surface area contributed by atoms with Crippen LogP contribution in [0.4, 0.5) is 5.69 Å². The quantitative estimate of drug-likeness (QED) is 0.768. The van der Waals surface area contributed by atoms with Gasteiger partial charge in [-0.25, -0.2) is 12.7 Å². The highest BCUT2D eigenvalue weighted by atomic mass is 32.2. The number of nitriles is 1. The van der Waals surface area contributed by atoms with Crippen molar-refractivity contribution in [2.45, 2.75) is 17.7 Å². The SMILES string of the molecule is CN(C)S(=O)(=O)c1ccc2c(c1)CCCN2C(=O)COc1cccc(C#N)c1. The van der Waals surface area contributed by atoms with Crippen LogP contribution in [0.2, 0.25) is 0 Å². The fraction of sp³-hybridized carbons (Fsp3) is 0.300. The van der Waals surface area contributed by atoms with E-state index in [-0.39, 0.29) is 17.4 Å². The molecule has 0 spiro atoms. The van der Waals surface area contributed by atoms with E-state index in [1.165, 1.54) is 24.5 Å². The smallest absolute Gasteiger partial charge is 0.264 e. The zero-order valence-corrected chi connectivity index (χ0v) is 16.6. The number of ether oxygens (including phenoxy) is 1. The number of aryl methyl sites for hydroxylation is 1. The highest BCUT2D eigenvalue weighted by Crippen LogP contribution is 2.30. The van der Waals surface area contributed by atoms with Crippen LogP contribution in [-0.2, 0) is 21.2 Å². The summed E-state index contributed by atoms with van der Waals surface area (Å²) in [5.41, 5.74) is 2.00. The van der Waals surface area contributed by atoms with Gasteiger partial charge in [-0.1, -0.05) is 6.07 Å². The number of carbonyl (C=O) groups excluding carboxylic acids is 1. The van der Waals surface area contributed by atoms with Gasteiger partial charge in [-0.3, -0.25) is 4.79 Å². The van der Waals surface area contributed by atoms with E-state index in [2.05, 4.69) is 0 Å². The van der Waals surface area contributed by atoms with Crippen LogP contribution < -0.4 is 9.64 Å². The van der Waals surface area contributed by atoms with Crippen molar-refractivity contribution in [2.24, 2.45) is 0 Å². The lowest BCUT2D eigenvalue weighted by molar-refractivity contribution is -0.120. The molecule has 0 unspecified atom stereocenters. The normalized spacial score (nSPS) is 13.7. The topological polar surface area (TPSA) is 90.7 Å². The molecule has 0 N–H and O–H groups in total. The second-order valence-electron chi connectivity index (χ2n) is 6.66. The van der Waals surface area contributed by atoms with E-state index >= 15 is 0 Å². The van der Waals surface area contributed by atoms with Gasteiger partial charge in [0, 0.05) is 26.3 Å². The largest absolute Gasteiger partial charge is 0.484 e. The Morgan fingerprint density at radius 3 is 2.75 bits per heavy atom. The van der Waals surface area contributed by atoms with Gasteiger partial charge in [0.15, 0.2) is 6.61 Å². The van der Waals surface area contributed by atoms with Gasteiger partial charge < -0.3 is 9.64 Å². The number of hydrogen-bond donors (Lipinski definition) is 0. The molecule has 1 amide bonds. The van der Waals surface area contributed by atoms with Gasteiger partial charge in [-0.15, -0.1) is 0 Å². The van der Waals surface area contributed by atoms with Crippen molar-refractivity contribution < 1.29 is 17.9 Å². The van der Waals surface area contributed by atoms with E-state index in [1.54, 1.807) is 41.3 Å². The molecule has 0 radical (unpaired) electrons. The molecule has 8 heteroatoms. The van der Waals surface area contributed by atoms with Gasteiger partial charge >= 0.3 is 0 Å². The third-order valence-corrected chi connectivity index (χ3v) is 6.39. The van der Waals surface area contributed by atoms with Crippen LogP contribution in [0.25, 0.3) is 0 Å². The van der Waals surface area contributed by atoms with Crippen molar-refractivity contribution in [3.63, 3.8) is 0 Å². The Morgan fingerprint density at radius 2 is 2.04 bits per heavy atom. The van der Waals surface area contributed by atoms with Crippen LogP contribution in [0.5, 0.6) is 5.75 Å². The predicted octanol–water partition coefficient (Wildman–Crippen LogP) is 2.17. The minimum absolute atomic E-state index is 0.161. The van der Waals surface area contributed by atoms with E-state index in [0.29, 0.717) is 30.0 Å². The van der Waals surface area contributed by atoms with Crippen LogP contribution >= 0.6 is 0 Å². The summed E-state index contributed by atoms with van der Waals surface area (Å²) in [5.74, 6) is 0.239. The highest BCUT2D eigenvalue weighted by molar-refractivity contribution is 7.89. The van der Waals surface area contributed by atoms with Crippen LogP contribution in [0.15, 0.2) is 47.4 Å². The van der Waals surface area contributed by atoms with Crippen LogP contribution in [0.1, 0.15) is 17.5 Å². The van der Waals surface area contributed by atoms with Crippen molar-refractivity contribution in [1.82, 2.24) is 4.31 Å². The Balaban J connectivity index is 1.78. The van der Waals surface area contributed by atoms with E-state index in [4.69, 9.17) is 10.00 Å². The minimum atomic E-state index is -3.52. The predicted molar refractivity (Wildman–Crippen MR) is 105 cm³/mol. The zero-order chi connectivity index (χ0) is 20.3. The second-order valence-corrected chi connectivity index (χ2v) is 8.81. The molecule has 1 aliphatic rings. The molecule has 146 valence electrons. The molecule has 0 aliphatic carbocycles. The lowest BCUT2D eigenvalue weighted by Crippen LogP contribution is -2.38. The molecular weight excluding hydrogens is 378 g/mol. The number of hydrogen-bond acceptors (Lipinski definition) is 5. The van der Waals surface area contributed by atoms with Crippen molar-refractivity contribution in [3.05, 3.63) is 53.6 Å². The second kappa shape index (κ2) is 8.00. The molecule has 0 saturated carbocycles. The summed E-state index contributed by atoms with van der Waals surface area (Å²) in [6.45, 7) is 0.388. The summed E-state index contributed by atoms with van der Waals surface area (Å²) in [6.07, 6.45) is 1.45. The lowest BCUT2D eigenvalue weighted by Gasteiger charge is -2.30. The van der Waals surface area contributed by atoms with Crippen molar-refractivity contribution >= 4 is 21.6 Å². The first-order valence-electron chi connectivity index (χ1n) is 8.81. The van der Waals surface area contributed by atoms with Crippen molar-refractivity contribution in [2.75, 3.05) is 32.1 Å². The van der Waals surface area contributed by atoms with E-state index in [9.17, 15) is 13.2 Å². The minimum Gasteiger partial charge on any atom is -0.484 e. The van der Waals surface area contributed by atoms with Gasteiger partial charge in [-0.05, 0) is 54.8 Å². The van der Waals surface area contributed by atoms with Gasteiger partial charge in [0.05, 0.1) is 16.5 Å². The van der Waals surface area contributed by atoms with E-state index in [0.717, 1.165) is 12.0 Å². The number of sulfonamides is 1. The maximum Gasteiger partial charge on any atom is 0.264 e. The van der Waals surface area contributed by atoms with E-state index < -0.39 is 10.0 Å². The molecule has 0 bridgehead atoms. The van der Waals surface area contributed by atoms with Crippen LogP contribution in [0, 0.1) is 11.3 Å². The number of nitrogens with zero attached hydrogens (tertiary/aromatic N) is 3. The molecule has 0 aromatic heterocycles. The van der Waals surface area contributed by atoms with Crippen LogP contribution in [-0.4, -0.2) is 45.9 Å². The number of rotatable bonds is 5. The molecule has 2 aromatic carbocycles. The van der Waals surface area contributed by atoms with Gasteiger partial charge in [0.1, 0.15) is 5.75 Å². The zero-order valence-electron chi connectivity index (χ0n) is 15.8. The third-order valence-electron chi connectivity index (χ3n) is 4.57. The maximum atomic E-state index is 12.7. The molecule has 28 heavy (non-hydrogen) atoms. The summed E-state index contributed by atoms with van der Waals surface area (Å²) < 4.78 is 31.4. The fourth-order valence-corrected chi connectivity index (χ4v) is 4.04. The summed E-state index contributed by atoms with van der Waals surface area (Å²) in [5, 5.41) is 8.94. The number of amides is 1. The molecule has 7 nitrogen and oxygen atoms in total. The molecule has 0 saturated heterocycles.